The molecule has 1 saturated heterocycles. The van der Waals surface area contributed by atoms with Crippen molar-refractivity contribution >= 4 is 32.4 Å². The van der Waals surface area contributed by atoms with Crippen LogP contribution in [0.5, 0.6) is 0 Å². The minimum atomic E-state index is -3.19. The predicted molar refractivity (Wildman–Crippen MR) is 81.4 cm³/mol. The van der Waals surface area contributed by atoms with E-state index in [-0.39, 0.29) is 5.69 Å². The van der Waals surface area contributed by atoms with Crippen molar-refractivity contribution in [1.29, 1.82) is 0 Å². The number of benzene rings is 1. The van der Waals surface area contributed by atoms with E-state index in [1.807, 2.05) is 4.90 Å². The Balaban J connectivity index is 1.88. The molecule has 0 amide bonds. The lowest BCUT2D eigenvalue weighted by molar-refractivity contribution is -0.384. The number of fused-ring (bicyclic) bond motifs is 1. The van der Waals surface area contributed by atoms with Crippen molar-refractivity contribution in [2.75, 3.05) is 37.3 Å². The minimum absolute atomic E-state index is 0.00456. The van der Waals surface area contributed by atoms with Crippen molar-refractivity contribution in [3.8, 4) is 0 Å². The van der Waals surface area contributed by atoms with Crippen molar-refractivity contribution in [1.82, 2.24) is 14.5 Å². The van der Waals surface area contributed by atoms with Gasteiger partial charge in [-0.2, -0.15) is 9.40 Å². The van der Waals surface area contributed by atoms with Gasteiger partial charge in [-0.25, -0.2) is 8.42 Å². The molecule has 0 saturated carbocycles. The van der Waals surface area contributed by atoms with Gasteiger partial charge >= 0.3 is 0 Å². The lowest BCUT2D eigenvalue weighted by Gasteiger charge is -2.33. The SMILES string of the molecule is CS(=O)(=O)N1CCN(c2n[nH]c3ccc([N+](=O)[O-])cc23)CC1. The molecule has 1 aliphatic heterocycles. The monoisotopic (exact) mass is 325 g/mol. The van der Waals surface area contributed by atoms with E-state index in [4.69, 9.17) is 0 Å². The van der Waals surface area contributed by atoms with Crippen molar-refractivity contribution in [2.24, 2.45) is 0 Å². The number of hydrogen-bond acceptors (Lipinski definition) is 6. The standard InChI is InChI=1S/C12H15N5O4S/c1-22(20,21)16-6-4-15(5-7-16)12-10-8-9(17(18)19)2-3-11(10)13-14-12/h2-3,8H,4-7H2,1H3,(H,13,14). The van der Waals surface area contributed by atoms with Crippen LogP contribution < -0.4 is 4.90 Å². The first-order valence-corrected chi connectivity index (χ1v) is 8.53. The summed E-state index contributed by atoms with van der Waals surface area (Å²) < 4.78 is 24.5. The molecule has 1 aliphatic rings. The van der Waals surface area contributed by atoms with Gasteiger partial charge in [0.2, 0.25) is 10.0 Å². The highest BCUT2D eigenvalue weighted by atomic mass is 32.2. The number of aromatic amines is 1. The summed E-state index contributed by atoms with van der Waals surface area (Å²) in [6.45, 7) is 1.75. The molecular weight excluding hydrogens is 310 g/mol. The Bertz CT molecular complexity index is 823. The van der Waals surface area contributed by atoms with Gasteiger partial charge < -0.3 is 4.90 Å². The van der Waals surface area contributed by atoms with Gasteiger partial charge in [0.05, 0.1) is 22.1 Å². The second-order valence-electron chi connectivity index (χ2n) is 5.18. The Kier molecular flexibility index (Phi) is 3.49. The summed E-state index contributed by atoms with van der Waals surface area (Å²) in [5.41, 5.74) is 0.719. The number of nitrogens with one attached hydrogen (secondary N) is 1. The number of nitro groups is 1. The third-order valence-corrected chi connectivity index (χ3v) is 5.05. The Labute approximate surface area is 126 Å². The largest absolute Gasteiger partial charge is 0.352 e. The zero-order chi connectivity index (χ0) is 15.9. The molecule has 2 heterocycles. The van der Waals surface area contributed by atoms with Gasteiger partial charge in [-0.1, -0.05) is 0 Å². The van der Waals surface area contributed by atoms with Crippen LogP contribution in [0.25, 0.3) is 10.9 Å². The van der Waals surface area contributed by atoms with Crippen LogP contribution in [-0.4, -0.2) is 60.3 Å². The van der Waals surface area contributed by atoms with Gasteiger partial charge in [-0.15, -0.1) is 0 Å². The highest BCUT2D eigenvalue weighted by Gasteiger charge is 2.25. The topological polar surface area (TPSA) is 112 Å². The molecule has 0 unspecified atom stereocenters. The molecule has 1 aromatic carbocycles. The van der Waals surface area contributed by atoms with Crippen LogP contribution >= 0.6 is 0 Å². The summed E-state index contributed by atoms with van der Waals surface area (Å²) >= 11 is 0. The molecular formula is C12H15N5O4S. The Morgan fingerprint density at radius 2 is 1.95 bits per heavy atom. The molecule has 1 aromatic heterocycles. The number of nitro benzene ring substituents is 1. The molecule has 0 spiro atoms. The molecule has 22 heavy (non-hydrogen) atoms. The normalized spacial score (nSPS) is 17.0. The van der Waals surface area contributed by atoms with Crippen molar-refractivity contribution < 1.29 is 13.3 Å². The van der Waals surface area contributed by atoms with Gasteiger partial charge in [-0.05, 0) is 6.07 Å². The third-order valence-electron chi connectivity index (χ3n) is 3.74. The van der Waals surface area contributed by atoms with Crippen molar-refractivity contribution in [3.63, 3.8) is 0 Å². The van der Waals surface area contributed by atoms with Crippen molar-refractivity contribution in [3.05, 3.63) is 28.3 Å². The Morgan fingerprint density at radius 1 is 1.27 bits per heavy atom. The van der Waals surface area contributed by atoms with E-state index in [0.717, 1.165) is 0 Å². The summed E-state index contributed by atoms with van der Waals surface area (Å²) in [5, 5.41) is 18.6. The van der Waals surface area contributed by atoms with Crippen molar-refractivity contribution in [2.45, 2.75) is 0 Å². The quantitative estimate of drug-likeness (QED) is 0.651. The fourth-order valence-electron chi connectivity index (χ4n) is 2.57. The number of nitrogens with zero attached hydrogens (tertiary/aromatic N) is 4. The predicted octanol–water partition coefficient (Wildman–Crippen LogP) is 0.553. The Hall–Kier alpha value is -2.20. The molecule has 3 rings (SSSR count). The fourth-order valence-corrected chi connectivity index (χ4v) is 3.40. The highest BCUT2D eigenvalue weighted by molar-refractivity contribution is 7.88. The minimum Gasteiger partial charge on any atom is -0.352 e. The first kappa shape index (κ1) is 14.7. The summed E-state index contributed by atoms with van der Waals surface area (Å²) in [6, 6.07) is 4.53. The lowest BCUT2D eigenvalue weighted by atomic mass is 10.2. The number of piperazine rings is 1. The summed E-state index contributed by atoms with van der Waals surface area (Å²) in [4.78, 5) is 12.4. The van der Waals surface area contributed by atoms with E-state index in [1.54, 1.807) is 6.07 Å². The molecule has 1 N–H and O–H groups in total. The molecule has 1 fully saturated rings. The average molecular weight is 325 g/mol. The lowest BCUT2D eigenvalue weighted by Crippen LogP contribution is -2.48. The van der Waals surface area contributed by atoms with E-state index >= 15 is 0 Å². The Morgan fingerprint density at radius 3 is 2.55 bits per heavy atom. The summed E-state index contributed by atoms with van der Waals surface area (Å²) in [5.74, 6) is 0.617. The second-order valence-corrected chi connectivity index (χ2v) is 7.17. The van der Waals surface area contributed by atoms with Crippen LogP contribution in [0.15, 0.2) is 18.2 Å². The second kappa shape index (κ2) is 5.21. The fraction of sp³-hybridized carbons (Fsp3) is 0.417. The van der Waals surface area contributed by atoms with E-state index < -0.39 is 14.9 Å². The number of non-ortho nitro benzene ring substituents is 1. The van der Waals surface area contributed by atoms with Gasteiger partial charge in [0, 0.05) is 38.3 Å². The number of rotatable bonds is 3. The third kappa shape index (κ3) is 2.62. The van der Waals surface area contributed by atoms with Crippen LogP contribution in [0, 0.1) is 10.1 Å². The van der Waals surface area contributed by atoms with Crippen LogP contribution in [0.1, 0.15) is 0 Å². The molecule has 10 heteroatoms. The first-order chi connectivity index (χ1) is 10.4. The first-order valence-electron chi connectivity index (χ1n) is 6.69. The summed E-state index contributed by atoms with van der Waals surface area (Å²) in [6.07, 6.45) is 1.19. The number of anilines is 1. The van der Waals surface area contributed by atoms with Gasteiger partial charge in [0.15, 0.2) is 5.82 Å². The van der Waals surface area contributed by atoms with Crippen LogP contribution in [0.3, 0.4) is 0 Å². The maximum atomic E-state index is 11.5. The number of H-pyrrole nitrogens is 1. The highest BCUT2D eigenvalue weighted by Crippen LogP contribution is 2.28. The molecule has 118 valence electrons. The maximum Gasteiger partial charge on any atom is 0.270 e. The van der Waals surface area contributed by atoms with Crippen LogP contribution in [0.4, 0.5) is 11.5 Å². The van der Waals surface area contributed by atoms with E-state index in [9.17, 15) is 18.5 Å². The van der Waals surface area contributed by atoms with E-state index in [0.29, 0.717) is 42.9 Å². The van der Waals surface area contributed by atoms with Gasteiger partial charge in [0.25, 0.3) is 5.69 Å². The molecule has 0 aliphatic carbocycles. The number of sulfonamides is 1. The van der Waals surface area contributed by atoms with E-state index in [1.165, 1.54) is 22.7 Å². The van der Waals surface area contributed by atoms with Gasteiger partial charge in [-0.3, -0.25) is 15.2 Å². The number of hydrogen-bond donors (Lipinski definition) is 1. The van der Waals surface area contributed by atoms with E-state index in [2.05, 4.69) is 10.2 Å². The van der Waals surface area contributed by atoms with Gasteiger partial charge in [0.1, 0.15) is 0 Å². The maximum absolute atomic E-state index is 11.5. The zero-order valence-electron chi connectivity index (χ0n) is 11.9. The average Bonchev–Trinajstić information content (AvgIpc) is 2.89. The molecule has 0 bridgehead atoms. The van der Waals surface area contributed by atoms with Crippen LogP contribution in [0.2, 0.25) is 0 Å². The zero-order valence-corrected chi connectivity index (χ0v) is 12.7. The molecule has 0 atom stereocenters. The number of aromatic nitrogens is 2. The summed E-state index contributed by atoms with van der Waals surface area (Å²) in [7, 11) is -3.19. The molecule has 0 radical (unpaired) electrons. The van der Waals surface area contributed by atoms with Crippen LogP contribution in [-0.2, 0) is 10.0 Å². The smallest absolute Gasteiger partial charge is 0.270 e. The molecule has 9 nitrogen and oxygen atoms in total. The molecule has 2 aromatic rings.